The van der Waals surface area contributed by atoms with Crippen molar-refractivity contribution in [3.8, 4) is 0 Å². The Bertz CT molecular complexity index is 655. The van der Waals surface area contributed by atoms with Crippen LogP contribution in [0.1, 0.15) is 16.2 Å². The van der Waals surface area contributed by atoms with Crippen LogP contribution in [0.25, 0.3) is 0 Å². The molecule has 0 unspecified atom stereocenters. The molecule has 2 rings (SSSR count). The predicted molar refractivity (Wildman–Crippen MR) is 65.1 cm³/mol. The van der Waals surface area contributed by atoms with Gasteiger partial charge in [-0.3, -0.25) is 20.2 Å². The zero-order chi connectivity index (χ0) is 14.0. The standard InChI is InChI=1S/C10H7ClN4O4/c1-5-13-14-10(19-5)12-9(16)6-2-3-8(15(17)18)7(11)4-6/h2-4H,1H3,(H,12,14,16). The number of carbonyl (C=O) groups is 1. The summed E-state index contributed by atoms with van der Waals surface area (Å²) >= 11 is 5.70. The van der Waals surface area contributed by atoms with Crippen LogP contribution in [-0.4, -0.2) is 21.0 Å². The van der Waals surface area contributed by atoms with Crippen molar-refractivity contribution in [2.45, 2.75) is 6.92 Å². The molecule has 9 heteroatoms. The zero-order valence-electron chi connectivity index (χ0n) is 9.58. The number of nitrogens with one attached hydrogen (secondary N) is 1. The van der Waals surface area contributed by atoms with Crippen molar-refractivity contribution >= 4 is 29.2 Å². The topological polar surface area (TPSA) is 111 Å². The number of carbonyl (C=O) groups excluding carboxylic acids is 1. The molecule has 98 valence electrons. The molecule has 1 amide bonds. The molecule has 1 aromatic carbocycles. The van der Waals surface area contributed by atoms with Crippen LogP contribution >= 0.6 is 11.6 Å². The molecule has 0 bridgehead atoms. The minimum Gasteiger partial charge on any atom is -0.408 e. The van der Waals surface area contributed by atoms with E-state index < -0.39 is 10.8 Å². The highest BCUT2D eigenvalue weighted by atomic mass is 35.5. The first-order chi connectivity index (χ1) is 8.97. The van der Waals surface area contributed by atoms with Gasteiger partial charge in [-0.25, -0.2) is 0 Å². The molecule has 1 aromatic heterocycles. The normalized spacial score (nSPS) is 10.2. The lowest BCUT2D eigenvalue weighted by molar-refractivity contribution is -0.384. The number of nitro groups is 1. The van der Waals surface area contributed by atoms with Gasteiger partial charge < -0.3 is 4.42 Å². The zero-order valence-corrected chi connectivity index (χ0v) is 10.3. The summed E-state index contributed by atoms with van der Waals surface area (Å²) in [5, 5.41) is 19.9. The van der Waals surface area contributed by atoms with Crippen LogP contribution in [0.15, 0.2) is 22.6 Å². The van der Waals surface area contributed by atoms with E-state index in [1.54, 1.807) is 6.92 Å². The van der Waals surface area contributed by atoms with Crippen molar-refractivity contribution in [3.05, 3.63) is 44.8 Å². The largest absolute Gasteiger partial charge is 0.408 e. The Balaban J connectivity index is 2.20. The fraction of sp³-hybridized carbons (Fsp3) is 0.100. The number of aryl methyl sites for hydroxylation is 1. The molecule has 1 N–H and O–H groups in total. The molecular formula is C10H7ClN4O4. The molecule has 0 radical (unpaired) electrons. The molecule has 0 atom stereocenters. The van der Waals surface area contributed by atoms with E-state index in [0.29, 0.717) is 5.89 Å². The molecule has 0 aliphatic carbocycles. The highest BCUT2D eigenvalue weighted by Crippen LogP contribution is 2.25. The van der Waals surface area contributed by atoms with E-state index in [2.05, 4.69) is 15.5 Å². The molecule has 19 heavy (non-hydrogen) atoms. The van der Waals surface area contributed by atoms with E-state index in [1.807, 2.05) is 0 Å². The predicted octanol–water partition coefficient (Wildman–Crippen LogP) is 2.19. The van der Waals surface area contributed by atoms with Crippen molar-refractivity contribution in [2.24, 2.45) is 0 Å². The fourth-order valence-corrected chi connectivity index (χ4v) is 1.56. The smallest absolute Gasteiger partial charge is 0.322 e. The molecule has 0 saturated carbocycles. The van der Waals surface area contributed by atoms with E-state index >= 15 is 0 Å². The molecule has 2 aromatic rings. The van der Waals surface area contributed by atoms with Gasteiger partial charge in [-0.05, 0) is 12.1 Å². The van der Waals surface area contributed by atoms with Crippen LogP contribution in [-0.2, 0) is 0 Å². The van der Waals surface area contributed by atoms with Gasteiger partial charge in [-0.1, -0.05) is 16.7 Å². The Morgan fingerprint density at radius 3 is 2.74 bits per heavy atom. The summed E-state index contributed by atoms with van der Waals surface area (Å²) < 4.78 is 4.97. The summed E-state index contributed by atoms with van der Waals surface area (Å²) in [7, 11) is 0. The highest BCUT2D eigenvalue weighted by Gasteiger charge is 2.16. The van der Waals surface area contributed by atoms with Crippen molar-refractivity contribution in [1.82, 2.24) is 10.2 Å². The quantitative estimate of drug-likeness (QED) is 0.682. The van der Waals surface area contributed by atoms with Gasteiger partial charge in [0.25, 0.3) is 11.6 Å². The van der Waals surface area contributed by atoms with Crippen molar-refractivity contribution in [3.63, 3.8) is 0 Å². The molecule has 8 nitrogen and oxygen atoms in total. The second-order valence-corrected chi connectivity index (χ2v) is 3.91. The SMILES string of the molecule is Cc1nnc(NC(=O)c2ccc([N+](=O)[O-])c(Cl)c2)o1. The highest BCUT2D eigenvalue weighted by molar-refractivity contribution is 6.33. The fourth-order valence-electron chi connectivity index (χ4n) is 1.31. The number of benzene rings is 1. The Hall–Kier alpha value is -2.48. The van der Waals surface area contributed by atoms with E-state index in [1.165, 1.54) is 12.1 Å². The van der Waals surface area contributed by atoms with Crippen LogP contribution in [0.2, 0.25) is 5.02 Å². The number of hydrogen-bond acceptors (Lipinski definition) is 6. The maximum Gasteiger partial charge on any atom is 0.322 e. The second kappa shape index (κ2) is 5.02. The number of anilines is 1. The number of aromatic nitrogens is 2. The van der Waals surface area contributed by atoms with E-state index in [-0.39, 0.29) is 22.3 Å². The van der Waals surface area contributed by atoms with Gasteiger partial charge in [0.1, 0.15) is 5.02 Å². The summed E-state index contributed by atoms with van der Waals surface area (Å²) in [6, 6.07) is 3.56. The third kappa shape index (κ3) is 2.86. The Labute approximate surface area is 111 Å². The van der Waals surface area contributed by atoms with Crippen LogP contribution in [0.5, 0.6) is 0 Å². The molecule has 1 heterocycles. The van der Waals surface area contributed by atoms with Gasteiger partial charge in [0, 0.05) is 18.6 Å². The third-order valence-corrected chi connectivity index (χ3v) is 2.46. The first kappa shape index (κ1) is 13.0. The summed E-state index contributed by atoms with van der Waals surface area (Å²) in [5.41, 5.74) is -0.127. The Morgan fingerprint density at radius 2 is 2.21 bits per heavy atom. The number of nitro benzene ring substituents is 1. The summed E-state index contributed by atoms with van der Waals surface area (Å²) in [4.78, 5) is 21.7. The molecule has 0 fully saturated rings. The average Bonchev–Trinajstić information content (AvgIpc) is 2.74. The lowest BCUT2D eigenvalue weighted by Gasteiger charge is -2.01. The third-order valence-electron chi connectivity index (χ3n) is 2.15. The molecule has 0 spiro atoms. The van der Waals surface area contributed by atoms with Gasteiger partial charge in [0.05, 0.1) is 4.92 Å². The van der Waals surface area contributed by atoms with Crippen LogP contribution in [0.4, 0.5) is 11.7 Å². The van der Waals surface area contributed by atoms with Gasteiger partial charge in [0.2, 0.25) is 5.89 Å². The monoisotopic (exact) mass is 282 g/mol. The van der Waals surface area contributed by atoms with Crippen molar-refractivity contribution in [1.29, 1.82) is 0 Å². The van der Waals surface area contributed by atoms with Crippen molar-refractivity contribution in [2.75, 3.05) is 5.32 Å². The summed E-state index contributed by atoms with van der Waals surface area (Å²) in [6.07, 6.45) is 0. The summed E-state index contributed by atoms with van der Waals surface area (Å²) in [6.45, 7) is 1.57. The molecule has 0 saturated heterocycles. The maximum absolute atomic E-state index is 11.8. The number of rotatable bonds is 3. The number of halogens is 1. The minimum atomic E-state index is -0.634. The minimum absolute atomic E-state index is 0.0584. The van der Waals surface area contributed by atoms with Crippen LogP contribution < -0.4 is 5.32 Å². The second-order valence-electron chi connectivity index (χ2n) is 3.50. The van der Waals surface area contributed by atoms with Crippen LogP contribution in [0.3, 0.4) is 0 Å². The molecule has 0 aliphatic rings. The molecule has 0 aliphatic heterocycles. The Kier molecular flexibility index (Phi) is 3.43. The average molecular weight is 283 g/mol. The van der Waals surface area contributed by atoms with Gasteiger partial charge >= 0.3 is 6.01 Å². The van der Waals surface area contributed by atoms with Gasteiger partial charge in [0.15, 0.2) is 0 Å². The lowest BCUT2D eigenvalue weighted by atomic mass is 10.2. The first-order valence-corrected chi connectivity index (χ1v) is 5.40. The first-order valence-electron chi connectivity index (χ1n) is 5.03. The lowest BCUT2D eigenvalue weighted by Crippen LogP contribution is -2.12. The summed E-state index contributed by atoms with van der Waals surface area (Å²) in [5.74, 6) is -0.252. The van der Waals surface area contributed by atoms with E-state index in [0.717, 1.165) is 6.07 Å². The number of hydrogen-bond donors (Lipinski definition) is 1. The molecular weight excluding hydrogens is 276 g/mol. The van der Waals surface area contributed by atoms with Gasteiger partial charge in [-0.15, -0.1) is 5.10 Å². The van der Waals surface area contributed by atoms with Crippen molar-refractivity contribution < 1.29 is 14.1 Å². The van der Waals surface area contributed by atoms with E-state index in [4.69, 9.17) is 16.0 Å². The number of nitrogens with zero attached hydrogens (tertiary/aromatic N) is 3. The van der Waals surface area contributed by atoms with Crippen LogP contribution in [0, 0.1) is 17.0 Å². The Morgan fingerprint density at radius 1 is 1.47 bits per heavy atom. The van der Waals surface area contributed by atoms with E-state index in [9.17, 15) is 14.9 Å². The van der Waals surface area contributed by atoms with Gasteiger partial charge in [-0.2, -0.15) is 0 Å². The number of amides is 1. The maximum atomic E-state index is 11.8.